The lowest BCUT2D eigenvalue weighted by molar-refractivity contribution is -0.432. The van der Waals surface area contributed by atoms with E-state index in [9.17, 15) is 9.59 Å². The zero-order chi connectivity index (χ0) is 13.0. The highest BCUT2D eigenvalue weighted by Crippen LogP contribution is 2.28. The van der Waals surface area contributed by atoms with Gasteiger partial charge in [0, 0.05) is 4.90 Å². The van der Waals surface area contributed by atoms with Crippen LogP contribution in [0.5, 0.6) is 0 Å². The van der Waals surface area contributed by atoms with E-state index in [0.717, 1.165) is 6.07 Å². The van der Waals surface area contributed by atoms with Crippen molar-refractivity contribution in [1.29, 1.82) is 0 Å². The van der Waals surface area contributed by atoms with Crippen molar-refractivity contribution in [1.82, 2.24) is 0 Å². The Kier molecular flexibility index (Phi) is 4.46. The number of carboxylic acids is 2. The number of rotatable bonds is 5. The van der Waals surface area contributed by atoms with Crippen LogP contribution < -0.4 is 0 Å². The van der Waals surface area contributed by atoms with Crippen LogP contribution in [0.2, 0.25) is 0 Å². The molecule has 0 spiro atoms. The van der Waals surface area contributed by atoms with E-state index in [4.69, 9.17) is 15.5 Å². The van der Waals surface area contributed by atoms with Gasteiger partial charge < -0.3 is 10.2 Å². The number of carboxylic acid groups (broad SMARTS) is 2. The molecule has 0 heterocycles. The number of benzene rings is 1. The van der Waals surface area contributed by atoms with Crippen molar-refractivity contribution in [2.24, 2.45) is 0 Å². The normalized spacial score (nSPS) is 10.2. The summed E-state index contributed by atoms with van der Waals surface area (Å²) in [5.74, 6) is -2.69. The molecule has 17 heavy (non-hydrogen) atoms. The third kappa shape index (κ3) is 2.94. The molecule has 0 aliphatic carbocycles. The SMILES string of the molecule is Cc1c(SOOO)ccc(C(=O)O)c1C(=O)O. The van der Waals surface area contributed by atoms with Gasteiger partial charge in [-0.05, 0) is 24.6 Å². The molecule has 1 aromatic carbocycles. The molecule has 3 N–H and O–H groups in total. The molecule has 0 saturated heterocycles. The van der Waals surface area contributed by atoms with Crippen molar-refractivity contribution in [2.45, 2.75) is 11.8 Å². The Morgan fingerprint density at radius 2 is 1.88 bits per heavy atom. The molecule has 0 aliphatic heterocycles. The molecule has 0 amide bonds. The van der Waals surface area contributed by atoms with Crippen molar-refractivity contribution >= 4 is 24.0 Å². The minimum atomic E-state index is -1.35. The first-order chi connectivity index (χ1) is 7.99. The molecule has 92 valence electrons. The summed E-state index contributed by atoms with van der Waals surface area (Å²) >= 11 is 0.571. The van der Waals surface area contributed by atoms with Crippen LogP contribution in [-0.2, 0) is 9.37 Å². The second kappa shape index (κ2) is 5.64. The Hall–Kier alpha value is -1.61. The molecule has 0 atom stereocenters. The molecule has 1 aromatic rings. The summed E-state index contributed by atoms with van der Waals surface area (Å²) in [7, 11) is 0. The molecule has 0 aromatic heterocycles. The zero-order valence-electron chi connectivity index (χ0n) is 8.54. The fourth-order valence-corrected chi connectivity index (χ4v) is 1.74. The topological polar surface area (TPSA) is 113 Å². The van der Waals surface area contributed by atoms with Gasteiger partial charge in [0.2, 0.25) is 0 Å². The van der Waals surface area contributed by atoms with Crippen LogP contribution in [0.25, 0.3) is 0 Å². The van der Waals surface area contributed by atoms with Gasteiger partial charge in [-0.1, -0.05) is 5.04 Å². The smallest absolute Gasteiger partial charge is 0.336 e. The van der Waals surface area contributed by atoms with Crippen LogP contribution in [0, 0.1) is 6.92 Å². The highest BCUT2D eigenvalue weighted by Gasteiger charge is 2.21. The lowest BCUT2D eigenvalue weighted by Crippen LogP contribution is -2.10. The average Bonchev–Trinajstić information content (AvgIpc) is 2.26. The molecule has 0 aliphatic rings. The first kappa shape index (κ1) is 13.5. The quantitative estimate of drug-likeness (QED) is 0.417. The fourth-order valence-electron chi connectivity index (χ4n) is 1.29. The van der Waals surface area contributed by atoms with Gasteiger partial charge in [-0.3, -0.25) is 0 Å². The van der Waals surface area contributed by atoms with E-state index in [-0.39, 0.29) is 16.7 Å². The molecule has 0 saturated carbocycles. The highest BCUT2D eigenvalue weighted by molar-refractivity contribution is 7.94. The Morgan fingerprint density at radius 3 is 2.35 bits per heavy atom. The van der Waals surface area contributed by atoms with E-state index in [0.29, 0.717) is 16.9 Å². The Balaban J connectivity index is 3.28. The minimum absolute atomic E-state index is 0.208. The number of carbonyl (C=O) groups is 2. The largest absolute Gasteiger partial charge is 0.478 e. The van der Waals surface area contributed by atoms with Gasteiger partial charge >= 0.3 is 11.9 Å². The predicted molar refractivity (Wildman–Crippen MR) is 55.8 cm³/mol. The Morgan fingerprint density at radius 1 is 1.24 bits per heavy atom. The van der Waals surface area contributed by atoms with Crippen molar-refractivity contribution in [3.05, 3.63) is 28.8 Å². The number of hydrogen-bond acceptors (Lipinski definition) is 6. The second-order valence-electron chi connectivity index (χ2n) is 2.95. The van der Waals surface area contributed by atoms with Crippen LogP contribution in [-0.4, -0.2) is 27.4 Å². The van der Waals surface area contributed by atoms with Gasteiger partial charge in [0.15, 0.2) is 0 Å². The predicted octanol–water partition coefficient (Wildman–Crippen LogP) is 1.82. The zero-order valence-corrected chi connectivity index (χ0v) is 9.35. The lowest BCUT2D eigenvalue weighted by atomic mass is 10.0. The minimum Gasteiger partial charge on any atom is -0.478 e. The first-order valence-corrected chi connectivity index (χ1v) is 4.98. The maximum atomic E-state index is 11.0. The summed E-state index contributed by atoms with van der Waals surface area (Å²) in [4.78, 5) is 22.1. The highest BCUT2D eigenvalue weighted by atomic mass is 32.2. The Bertz CT molecular complexity index is 457. The lowest BCUT2D eigenvalue weighted by Gasteiger charge is -2.09. The summed E-state index contributed by atoms with van der Waals surface area (Å²) in [6.07, 6.45) is 0. The molecule has 1 rings (SSSR count). The fraction of sp³-hybridized carbons (Fsp3) is 0.111. The third-order valence-corrected chi connectivity index (χ3v) is 2.76. The molecule has 0 unspecified atom stereocenters. The summed E-state index contributed by atoms with van der Waals surface area (Å²) in [6.45, 7) is 1.43. The van der Waals surface area contributed by atoms with Crippen molar-refractivity contribution in [3.8, 4) is 0 Å². The molecule has 8 heteroatoms. The summed E-state index contributed by atoms with van der Waals surface area (Å²) in [5.41, 5.74) is -0.437. The van der Waals surface area contributed by atoms with Gasteiger partial charge in [0.05, 0.1) is 23.2 Å². The molecule has 0 radical (unpaired) electrons. The van der Waals surface area contributed by atoms with Crippen LogP contribution in [0.4, 0.5) is 0 Å². The summed E-state index contributed by atoms with van der Waals surface area (Å²) < 4.78 is 4.17. The van der Waals surface area contributed by atoms with Crippen LogP contribution in [0.3, 0.4) is 0 Å². The van der Waals surface area contributed by atoms with Crippen LogP contribution in [0.1, 0.15) is 26.3 Å². The van der Waals surface area contributed by atoms with E-state index < -0.39 is 11.9 Å². The van der Waals surface area contributed by atoms with Crippen molar-refractivity contribution < 1.29 is 34.4 Å². The molecule has 0 fully saturated rings. The van der Waals surface area contributed by atoms with Crippen LogP contribution >= 0.6 is 12.0 Å². The van der Waals surface area contributed by atoms with Crippen molar-refractivity contribution in [3.63, 3.8) is 0 Å². The monoisotopic (exact) mass is 260 g/mol. The molecular formula is C9H8O7S. The summed E-state index contributed by atoms with van der Waals surface area (Å²) in [6, 6.07) is 2.50. The van der Waals surface area contributed by atoms with Crippen LogP contribution in [0.15, 0.2) is 17.0 Å². The van der Waals surface area contributed by atoms with E-state index >= 15 is 0 Å². The summed E-state index contributed by atoms with van der Waals surface area (Å²) in [5, 5.41) is 29.2. The van der Waals surface area contributed by atoms with E-state index in [1.165, 1.54) is 13.0 Å². The Labute approximate surface area is 99.6 Å². The van der Waals surface area contributed by atoms with E-state index in [2.05, 4.69) is 9.37 Å². The first-order valence-electron chi connectivity index (χ1n) is 4.24. The van der Waals surface area contributed by atoms with Gasteiger partial charge in [0.1, 0.15) is 0 Å². The maximum absolute atomic E-state index is 11.0. The van der Waals surface area contributed by atoms with Crippen molar-refractivity contribution in [2.75, 3.05) is 0 Å². The van der Waals surface area contributed by atoms with Gasteiger partial charge in [-0.25, -0.2) is 14.8 Å². The standard InChI is InChI=1S/C9H8O7S/c1-4-6(17-16-15-14)3-2-5(8(10)11)7(4)9(12)13/h2-3,14H,1H3,(H,10,11)(H,12,13). The van der Waals surface area contributed by atoms with E-state index in [1.54, 1.807) is 0 Å². The van der Waals surface area contributed by atoms with Gasteiger partial charge in [0.25, 0.3) is 0 Å². The number of aromatic carboxylic acids is 2. The second-order valence-corrected chi connectivity index (χ2v) is 3.69. The average molecular weight is 260 g/mol. The molecule has 7 nitrogen and oxygen atoms in total. The number of hydrogen-bond donors (Lipinski definition) is 3. The van der Waals surface area contributed by atoms with Gasteiger partial charge in [-0.15, -0.1) is 4.33 Å². The molecular weight excluding hydrogens is 252 g/mol. The van der Waals surface area contributed by atoms with Gasteiger partial charge in [-0.2, -0.15) is 0 Å². The maximum Gasteiger partial charge on any atom is 0.336 e. The molecule has 0 bridgehead atoms. The third-order valence-electron chi connectivity index (χ3n) is 2.01. The van der Waals surface area contributed by atoms with E-state index in [1.807, 2.05) is 0 Å².